The van der Waals surface area contributed by atoms with Gasteiger partial charge in [-0.05, 0) is 23.6 Å². The molecule has 1 saturated heterocycles. The number of primary amides is 1. The number of phenolic OH excluding ortho intramolecular Hbond substituents is 1. The minimum Gasteiger partial charge on any atom is -0.508 e. The second-order valence-corrected chi connectivity index (χ2v) is 17.6. The number of phenols is 1. The van der Waals surface area contributed by atoms with Crippen LogP contribution >= 0.6 is 0 Å². The third kappa shape index (κ3) is 11.5. The Balaban J connectivity index is 1.72. The lowest BCUT2D eigenvalue weighted by Gasteiger charge is -2.30. The van der Waals surface area contributed by atoms with Gasteiger partial charge in [-0.3, -0.25) is 47.4 Å². The molecule has 2 aromatic rings. The highest BCUT2D eigenvalue weighted by molar-refractivity contribution is 7.85. The lowest BCUT2D eigenvalue weighted by Crippen LogP contribution is -2.59. The van der Waals surface area contributed by atoms with Gasteiger partial charge in [-0.15, -0.1) is 0 Å². The molecule has 5 rings (SSSR count). The van der Waals surface area contributed by atoms with Crippen molar-refractivity contribution in [3.8, 4) is 5.75 Å². The fourth-order valence-electron chi connectivity index (χ4n) is 7.65. The maximum absolute atomic E-state index is 14.6. The van der Waals surface area contributed by atoms with Crippen molar-refractivity contribution in [2.45, 2.75) is 87.5 Å². The van der Waals surface area contributed by atoms with Crippen molar-refractivity contribution >= 4 is 74.9 Å². The fourth-order valence-corrected chi connectivity index (χ4v) is 9.05. The van der Waals surface area contributed by atoms with Crippen LogP contribution in [0.1, 0.15) is 39.2 Å². The molecule has 25 heteroatoms. The number of nitrogens with two attached hydrogens (primary N) is 1. The topological polar surface area (TPSA) is 381 Å². The molecular formula is C39H54N10O14S. The molecule has 4 bridgehead atoms. The first-order valence-electron chi connectivity index (χ1n) is 20.5. The van der Waals surface area contributed by atoms with Gasteiger partial charge in [0.2, 0.25) is 53.2 Å². The molecule has 4 heterocycles. The highest BCUT2D eigenvalue weighted by atomic mass is 32.2. The second-order valence-electron chi connectivity index (χ2n) is 16.2. The summed E-state index contributed by atoms with van der Waals surface area (Å²) in [5.41, 5.74) is 5.70. The molecule has 0 saturated carbocycles. The lowest BCUT2D eigenvalue weighted by atomic mass is 9.93. The molecule has 350 valence electrons. The van der Waals surface area contributed by atoms with Gasteiger partial charge in [0, 0.05) is 36.9 Å². The molecule has 3 aliphatic rings. The van der Waals surface area contributed by atoms with Gasteiger partial charge in [0.15, 0.2) is 0 Å². The van der Waals surface area contributed by atoms with Crippen LogP contribution in [-0.2, 0) is 60.4 Å². The van der Waals surface area contributed by atoms with Crippen molar-refractivity contribution in [1.82, 2.24) is 47.1 Å². The Morgan fingerprint density at radius 3 is 2.19 bits per heavy atom. The summed E-state index contributed by atoms with van der Waals surface area (Å²) in [5, 5.41) is 59.1. The van der Waals surface area contributed by atoms with Crippen LogP contribution < -0.4 is 43.0 Å². The number of hydrogen-bond acceptors (Lipinski definition) is 14. The number of H-pyrrole nitrogens is 1. The minimum atomic E-state index is -2.38. The summed E-state index contributed by atoms with van der Waals surface area (Å²) >= 11 is 0. The van der Waals surface area contributed by atoms with E-state index < -0.39 is 176 Å². The van der Waals surface area contributed by atoms with E-state index in [1.54, 1.807) is 13.8 Å². The van der Waals surface area contributed by atoms with Crippen molar-refractivity contribution in [3.05, 3.63) is 23.8 Å². The number of aromatic nitrogens is 1. The molecule has 0 spiro atoms. The first-order valence-corrected chi connectivity index (χ1v) is 21.9. The van der Waals surface area contributed by atoms with Crippen molar-refractivity contribution in [1.29, 1.82) is 0 Å². The number of aliphatic hydroxyl groups is 3. The molecule has 1 aromatic carbocycles. The molecule has 3 aliphatic heterocycles. The van der Waals surface area contributed by atoms with Crippen molar-refractivity contribution in [3.63, 3.8) is 0 Å². The van der Waals surface area contributed by atoms with Crippen LogP contribution in [0.2, 0.25) is 0 Å². The van der Waals surface area contributed by atoms with E-state index in [9.17, 15) is 67.8 Å². The summed E-state index contributed by atoms with van der Waals surface area (Å²) in [5.74, 6) is -13.2. The van der Waals surface area contributed by atoms with E-state index in [0.29, 0.717) is 6.42 Å². The summed E-state index contributed by atoms with van der Waals surface area (Å²) in [6.45, 7) is 1.27. The quantitative estimate of drug-likeness (QED) is 0.123. The monoisotopic (exact) mass is 918 g/mol. The number of aromatic hydroxyl groups is 1. The highest BCUT2D eigenvalue weighted by Crippen LogP contribution is 2.30. The molecule has 14 N–H and O–H groups in total. The Morgan fingerprint density at radius 1 is 0.859 bits per heavy atom. The van der Waals surface area contributed by atoms with Crippen molar-refractivity contribution < 1.29 is 67.8 Å². The Labute approximate surface area is 368 Å². The zero-order valence-electron chi connectivity index (χ0n) is 35.2. The van der Waals surface area contributed by atoms with Gasteiger partial charge in [-0.25, -0.2) is 0 Å². The zero-order chi connectivity index (χ0) is 47.2. The van der Waals surface area contributed by atoms with Gasteiger partial charge in [-0.2, -0.15) is 0 Å². The highest BCUT2D eigenvalue weighted by Gasteiger charge is 2.44. The molecule has 9 amide bonds. The third-order valence-corrected chi connectivity index (χ3v) is 13.0. The maximum Gasteiger partial charge on any atom is 0.245 e. The Kier molecular flexibility index (Phi) is 16.0. The molecule has 24 nitrogen and oxygen atoms in total. The van der Waals surface area contributed by atoms with Gasteiger partial charge in [-0.1, -0.05) is 27.2 Å². The van der Waals surface area contributed by atoms with Crippen LogP contribution in [0.15, 0.2) is 23.2 Å². The molecule has 64 heavy (non-hydrogen) atoms. The Bertz CT molecular complexity index is 2200. The molecule has 0 aliphatic carbocycles. The predicted molar refractivity (Wildman–Crippen MR) is 222 cm³/mol. The van der Waals surface area contributed by atoms with Gasteiger partial charge in [0.1, 0.15) is 41.0 Å². The van der Waals surface area contributed by atoms with E-state index in [0.717, 1.165) is 4.90 Å². The number of hydrogen-bond donors (Lipinski definition) is 13. The van der Waals surface area contributed by atoms with E-state index in [1.807, 2.05) is 0 Å². The fraction of sp³-hybridized carbons (Fsp3) is 0.564. The minimum absolute atomic E-state index is 0.0749. The largest absolute Gasteiger partial charge is 0.508 e. The number of rotatable bonds is 7. The average molecular weight is 919 g/mol. The SMILES string of the molecule is CCC(C)[C@@H]1NC(=O)CNC(=O)[C@H]2Cc3c([nH]c4cc(O)ccc34)S(=O)C[C@@H](NC(=O)CNC1=O)C(=O)N[C@H](CC(N)=O)C(=O)N1CC(O)C(C1)C(=O)N[C@@H]([C@@H](C)[C@@H](O)CO)C(=O)N2. The van der Waals surface area contributed by atoms with Gasteiger partial charge >= 0.3 is 0 Å². The van der Waals surface area contributed by atoms with E-state index in [4.69, 9.17) is 5.73 Å². The molecule has 11 atom stereocenters. The summed E-state index contributed by atoms with van der Waals surface area (Å²) in [7, 11) is -2.38. The summed E-state index contributed by atoms with van der Waals surface area (Å²) < 4.78 is 14.6. The number of carbonyl (C=O) groups excluding carboxylic acids is 9. The first-order chi connectivity index (χ1) is 30.2. The number of nitrogens with one attached hydrogen (secondary N) is 8. The summed E-state index contributed by atoms with van der Waals surface area (Å²) in [4.78, 5) is 127. The number of carbonyl (C=O) groups is 9. The van der Waals surface area contributed by atoms with E-state index >= 15 is 0 Å². The Morgan fingerprint density at radius 2 is 1.53 bits per heavy atom. The number of fused-ring (bicyclic) bond motifs is 6. The molecule has 1 fully saturated rings. The standard InChI is InChI=1S/C39H54N10O14S/c1-4-16(2)31-36(60)42-10-29(55)43-25-15-64(63)38-20(19-6-5-18(51)7-22(19)46-38)8-23(34(58)41-11-30(56)47-31)44-37(61)32(17(3)27(53)14-50)48-33(57)21-12-49(13-26(21)52)39(62)24(9-28(40)54)45-35(25)59/h5-7,16-17,21,23-27,31-32,46,50-53H,4,8-15H2,1-3H3,(H2,40,54)(H,41,58)(H,42,60)(H,43,55)(H,44,61)(H,45,59)(H,47,56)(H,48,57)/t16?,17-,21?,23+,24+,25+,26?,27-,31-,32-,64?/m0/s1. The zero-order valence-corrected chi connectivity index (χ0v) is 36.0. The van der Waals surface area contributed by atoms with Gasteiger partial charge in [0.05, 0.1) is 66.3 Å². The van der Waals surface area contributed by atoms with Gasteiger partial charge < -0.3 is 73.3 Å². The lowest BCUT2D eigenvalue weighted by molar-refractivity contribution is -0.139. The van der Waals surface area contributed by atoms with Crippen molar-refractivity contribution in [2.24, 2.45) is 23.5 Å². The summed E-state index contributed by atoms with van der Waals surface area (Å²) in [6.07, 6.45) is -4.18. The Hall–Kier alpha value is -6.18. The van der Waals surface area contributed by atoms with E-state index in [1.165, 1.54) is 25.1 Å². The number of aliphatic hydroxyl groups excluding tert-OH is 3. The third-order valence-electron chi connectivity index (χ3n) is 11.6. The average Bonchev–Trinajstić information content (AvgIpc) is 3.82. The number of benzene rings is 1. The van der Waals surface area contributed by atoms with Crippen LogP contribution in [0.25, 0.3) is 10.9 Å². The number of nitrogens with zero attached hydrogens (tertiary/aromatic N) is 1. The second kappa shape index (κ2) is 21.0. The van der Waals surface area contributed by atoms with Crippen molar-refractivity contribution in [2.75, 3.05) is 38.5 Å². The normalized spacial score (nSPS) is 28.5. The summed E-state index contributed by atoms with van der Waals surface area (Å²) in [6, 6.07) is -4.30. The van der Waals surface area contributed by atoms with Crippen LogP contribution in [0, 0.1) is 17.8 Å². The first kappa shape index (κ1) is 48.8. The molecular weight excluding hydrogens is 865 g/mol. The van der Waals surface area contributed by atoms with Gasteiger partial charge in [0.25, 0.3) is 0 Å². The number of aromatic amines is 1. The smallest absolute Gasteiger partial charge is 0.245 e. The van der Waals surface area contributed by atoms with E-state index in [-0.39, 0.29) is 27.2 Å². The number of amides is 9. The van der Waals surface area contributed by atoms with Crippen LogP contribution in [-0.4, -0.2) is 169 Å². The molecule has 4 unspecified atom stereocenters. The molecule has 1 aromatic heterocycles. The van der Waals surface area contributed by atoms with Crippen LogP contribution in [0.3, 0.4) is 0 Å². The van der Waals surface area contributed by atoms with Crippen LogP contribution in [0.5, 0.6) is 5.75 Å². The predicted octanol–water partition coefficient (Wildman–Crippen LogP) is -6.06. The molecule has 0 radical (unpaired) electrons. The maximum atomic E-state index is 14.6. The van der Waals surface area contributed by atoms with Crippen LogP contribution in [0.4, 0.5) is 0 Å². The van der Waals surface area contributed by atoms with E-state index in [2.05, 4.69) is 42.2 Å².